The number of benzene rings is 1. The van der Waals surface area contributed by atoms with Crippen molar-refractivity contribution in [1.82, 2.24) is 0 Å². The van der Waals surface area contributed by atoms with Crippen molar-refractivity contribution in [2.75, 3.05) is 0 Å². The van der Waals surface area contributed by atoms with E-state index in [9.17, 15) is 4.79 Å². The first-order valence-corrected chi connectivity index (χ1v) is 12.0. The Balaban J connectivity index is 2.43. The van der Waals surface area contributed by atoms with Crippen LogP contribution in [0, 0.1) is 16.9 Å². The standard InChI is InChI=1S/C21H28OSi/c1-17(13-15-23(3,4)5)16-19(18-10-7-6-8-11-18)21(2)14-9-12-20(21)22/h6-8,10-11,16,19H,9,12,14H2,1-5H3/b17-16+. The minimum atomic E-state index is -1.38. The van der Waals surface area contributed by atoms with E-state index < -0.39 is 8.07 Å². The number of ketones is 1. The minimum Gasteiger partial charge on any atom is -0.299 e. The SMILES string of the molecule is C/C(C#C[Si](C)(C)C)=C\C(c1ccccc1)C1(C)CCCC1=O. The topological polar surface area (TPSA) is 17.1 Å². The van der Waals surface area contributed by atoms with E-state index in [0.717, 1.165) is 18.4 Å². The molecule has 2 rings (SSSR count). The van der Waals surface area contributed by atoms with E-state index in [-0.39, 0.29) is 11.3 Å². The number of carbonyl (C=O) groups is 1. The summed E-state index contributed by atoms with van der Waals surface area (Å²) in [6.45, 7) is 11.0. The van der Waals surface area contributed by atoms with Gasteiger partial charge < -0.3 is 0 Å². The fraction of sp³-hybridized carbons (Fsp3) is 0.476. The molecular formula is C21H28OSi. The van der Waals surface area contributed by atoms with E-state index in [1.54, 1.807) is 0 Å². The molecule has 1 aromatic rings. The Hall–Kier alpha value is -1.59. The molecule has 1 aliphatic rings. The first kappa shape index (κ1) is 17.8. The van der Waals surface area contributed by atoms with Gasteiger partial charge in [-0.3, -0.25) is 4.79 Å². The fourth-order valence-corrected chi connectivity index (χ4v) is 3.83. The summed E-state index contributed by atoms with van der Waals surface area (Å²) in [4.78, 5) is 12.6. The lowest BCUT2D eigenvalue weighted by Gasteiger charge is -2.31. The van der Waals surface area contributed by atoms with Gasteiger partial charge in [0.15, 0.2) is 0 Å². The van der Waals surface area contributed by atoms with Crippen molar-refractivity contribution in [1.29, 1.82) is 0 Å². The molecule has 1 fully saturated rings. The molecule has 122 valence electrons. The third kappa shape index (κ3) is 4.45. The van der Waals surface area contributed by atoms with Gasteiger partial charge in [0.05, 0.1) is 0 Å². The number of hydrogen-bond acceptors (Lipinski definition) is 1. The van der Waals surface area contributed by atoms with Gasteiger partial charge >= 0.3 is 0 Å². The van der Waals surface area contributed by atoms with Gasteiger partial charge in [-0.2, -0.15) is 0 Å². The number of carbonyl (C=O) groups excluding carboxylic acids is 1. The van der Waals surface area contributed by atoms with Crippen LogP contribution in [0.15, 0.2) is 42.0 Å². The van der Waals surface area contributed by atoms with Crippen LogP contribution in [0.1, 0.15) is 44.6 Å². The Bertz CT molecular complexity index is 655. The smallest absolute Gasteiger partial charge is 0.139 e. The number of Topliss-reactive ketones (excluding diaryl/α,β-unsaturated/α-hetero) is 1. The lowest BCUT2D eigenvalue weighted by atomic mass is 9.71. The molecule has 1 aliphatic carbocycles. The Morgan fingerprint density at radius 2 is 1.91 bits per heavy atom. The van der Waals surface area contributed by atoms with Gasteiger partial charge in [-0.15, -0.1) is 5.54 Å². The van der Waals surface area contributed by atoms with E-state index in [1.807, 2.05) is 6.07 Å². The molecule has 0 amide bonds. The van der Waals surface area contributed by atoms with E-state index >= 15 is 0 Å². The van der Waals surface area contributed by atoms with Gasteiger partial charge in [-0.1, -0.05) is 68.9 Å². The van der Waals surface area contributed by atoms with E-state index in [0.29, 0.717) is 12.2 Å². The van der Waals surface area contributed by atoms with Crippen molar-refractivity contribution in [2.24, 2.45) is 5.41 Å². The molecule has 2 unspecified atom stereocenters. The van der Waals surface area contributed by atoms with Crippen molar-refractivity contribution in [3.63, 3.8) is 0 Å². The summed E-state index contributed by atoms with van der Waals surface area (Å²) in [5.74, 6) is 3.86. The van der Waals surface area contributed by atoms with Crippen molar-refractivity contribution in [3.05, 3.63) is 47.5 Å². The summed E-state index contributed by atoms with van der Waals surface area (Å²) in [5, 5.41) is 0. The summed E-state index contributed by atoms with van der Waals surface area (Å²) < 4.78 is 0. The van der Waals surface area contributed by atoms with E-state index in [2.05, 4.69) is 75.3 Å². The second kappa shape index (κ2) is 6.89. The molecule has 1 aromatic carbocycles. The predicted molar refractivity (Wildman–Crippen MR) is 101 cm³/mol. The zero-order chi connectivity index (χ0) is 17.1. The molecule has 0 bridgehead atoms. The Morgan fingerprint density at radius 1 is 1.26 bits per heavy atom. The largest absolute Gasteiger partial charge is 0.299 e. The molecule has 23 heavy (non-hydrogen) atoms. The summed E-state index contributed by atoms with van der Waals surface area (Å²) in [6.07, 6.45) is 4.92. The second-order valence-electron chi connectivity index (χ2n) is 7.93. The van der Waals surface area contributed by atoms with Gasteiger partial charge in [0, 0.05) is 17.8 Å². The molecular weight excluding hydrogens is 296 g/mol. The highest BCUT2D eigenvalue weighted by Gasteiger charge is 2.43. The summed E-state index contributed by atoms with van der Waals surface area (Å²) >= 11 is 0. The molecule has 0 aliphatic heterocycles. The van der Waals surface area contributed by atoms with E-state index in [4.69, 9.17) is 0 Å². The maximum atomic E-state index is 12.6. The highest BCUT2D eigenvalue weighted by molar-refractivity contribution is 6.83. The zero-order valence-corrected chi connectivity index (χ0v) is 16.1. The second-order valence-corrected chi connectivity index (χ2v) is 12.7. The molecule has 0 spiro atoms. The minimum absolute atomic E-state index is 0.120. The van der Waals surface area contributed by atoms with Crippen LogP contribution in [0.5, 0.6) is 0 Å². The van der Waals surface area contributed by atoms with Crippen LogP contribution in [0.2, 0.25) is 19.6 Å². The van der Waals surface area contributed by atoms with Gasteiger partial charge in [0.1, 0.15) is 13.9 Å². The molecule has 0 saturated heterocycles. The predicted octanol–water partition coefficient (Wildman–Crippen LogP) is 5.36. The highest BCUT2D eigenvalue weighted by atomic mass is 28.3. The highest BCUT2D eigenvalue weighted by Crippen LogP contribution is 2.47. The van der Waals surface area contributed by atoms with Crippen molar-refractivity contribution in [2.45, 2.75) is 58.7 Å². The Labute approximate surface area is 142 Å². The van der Waals surface area contributed by atoms with Crippen molar-refractivity contribution >= 4 is 13.9 Å². The van der Waals surface area contributed by atoms with Crippen molar-refractivity contribution in [3.8, 4) is 11.5 Å². The molecule has 2 heteroatoms. The molecule has 0 heterocycles. The third-order valence-corrected chi connectivity index (χ3v) is 5.51. The monoisotopic (exact) mass is 324 g/mol. The summed E-state index contributed by atoms with van der Waals surface area (Å²) in [5.41, 5.74) is 5.45. The molecule has 1 nitrogen and oxygen atoms in total. The fourth-order valence-electron chi connectivity index (χ4n) is 3.26. The van der Waals surface area contributed by atoms with Crippen LogP contribution < -0.4 is 0 Å². The number of hydrogen-bond donors (Lipinski definition) is 0. The molecule has 1 saturated carbocycles. The van der Waals surface area contributed by atoms with Gasteiger partial charge in [0.2, 0.25) is 0 Å². The van der Waals surface area contributed by atoms with Crippen LogP contribution in [-0.2, 0) is 4.79 Å². The quantitative estimate of drug-likeness (QED) is 0.540. The van der Waals surface area contributed by atoms with E-state index in [1.165, 1.54) is 5.56 Å². The normalized spacial score (nSPS) is 23.3. The van der Waals surface area contributed by atoms with Crippen LogP contribution in [0.25, 0.3) is 0 Å². The van der Waals surface area contributed by atoms with Crippen LogP contribution >= 0.6 is 0 Å². The average Bonchev–Trinajstić information content (AvgIpc) is 2.83. The first-order valence-electron chi connectivity index (χ1n) is 8.52. The number of allylic oxidation sites excluding steroid dienone is 2. The lowest BCUT2D eigenvalue weighted by molar-refractivity contribution is -0.125. The molecule has 2 atom stereocenters. The Morgan fingerprint density at radius 3 is 2.43 bits per heavy atom. The summed E-state index contributed by atoms with van der Waals surface area (Å²) in [7, 11) is -1.38. The van der Waals surface area contributed by atoms with Crippen LogP contribution in [0.4, 0.5) is 0 Å². The zero-order valence-electron chi connectivity index (χ0n) is 15.1. The maximum Gasteiger partial charge on any atom is 0.139 e. The molecule has 0 N–H and O–H groups in total. The van der Waals surface area contributed by atoms with Gasteiger partial charge in [0.25, 0.3) is 0 Å². The lowest BCUT2D eigenvalue weighted by Crippen LogP contribution is -2.29. The third-order valence-electron chi connectivity index (χ3n) is 4.63. The molecule has 0 radical (unpaired) electrons. The van der Waals surface area contributed by atoms with Crippen molar-refractivity contribution < 1.29 is 4.79 Å². The summed E-state index contributed by atoms with van der Waals surface area (Å²) in [6, 6.07) is 10.4. The maximum absolute atomic E-state index is 12.6. The van der Waals surface area contributed by atoms with Crippen LogP contribution in [-0.4, -0.2) is 13.9 Å². The average molecular weight is 325 g/mol. The van der Waals surface area contributed by atoms with Crippen LogP contribution in [0.3, 0.4) is 0 Å². The Kier molecular flexibility index (Phi) is 5.32. The first-order chi connectivity index (χ1) is 10.7. The molecule has 0 aromatic heterocycles. The number of rotatable bonds is 3. The van der Waals surface area contributed by atoms with Gasteiger partial charge in [-0.25, -0.2) is 0 Å². The van der Waals surface area contributed by atoms with Gasteiger partial charge in [-0.05, 0) is 30.9 Å².